The lowest BCUT2D eigenvalue weighted by Gasteiger charge is -2.12. The summed E-state index contributed by atoms with van der Waals surface area (Å²) in [5, 5.41) is 13.8. The van der Waals surface area contributed by atoms with E-state index < -0.39 is 0 Å². The molecule has 0 atom stereocenters. The second kappa shape index (κ2) is 6.35. The molecule has 0 saturated heterocycles. The van der Waals surface area contributed by atoms with Crippen LogP contribution >= 0.6 is 55.1 Å². The second-order valence-corrected chi connectivity index (χ2v) is 6.40. The van der Waals surface area contributed by atoms with Crippen molar-refractivity contribution in [3.63, 3.8) is 0 Å². The van der Waals surface area contributed by atoms with Crippen LogP contribution in [-0.2, 0) is 6.54 Å². The van der Waals surface area contributed by atoms with Crippen molar-refractivity contribution in [2.24, 2.45) is 0 Å². The summed E-state index contributed by atoms with van der Waals surface area (Å²) < 4.78 is 1.85. The van der Waals surface area contributed by atoms with Gasteiger partial charge in [-0.15, -0.1) is 0 Å². The highest BCUT2D eigenvalue weighted by atomic mass is 79.9. The number of anilines is 1. The Bertz CT molecular complexity index is 600. The fraction of sp³-hybridized carbons (Fsp3) is 0.0769. The van der Waals surface area contributed by atoms with Crippen molar-refractivity contribution in [1.82, 2.24) is 0 Å². The van der Waals surface area contributed by atoms with E-state index in [1.807, 2.05) is 18.2 Å². The number of hydrogen-bond donors (Lipinski definition) is 2. The standard InChI is InChI=1S/C13H9Br2Cl2NO/c14-9-2-1-3-10(15)12(9)18-6-7-4-8(16)5-11(17)13(7)19/h1-5,18-19H,6H2. The zero-order valence-corrected chi connectivity index (χ0v) is 14.2. The Morgan fingerprint density at radius 3 is 2.37 bits per heavy atom. The van der Waals surface area contributed by atoms with Gasteiger partial charge in [0.1, 0.15) is 5.75 Å². The maximum atomic E-state index is 9.88. The minimum atomic E-state index is 0.0433. The van der Waals surface area contributed by atoms with Crippen LogP contribution in [0.25, 0.3) is 0 Å². The fourth-order valence-corrected chi connectivity index (χ4v) is 3.42. The first-order chi connectivity index (χ1) is 8.99. The van der Waals surface area contributed by atoms with Gasteiger partial charge in [0.15, 0.2) is 0 Å². The lowest BCUT2D eigenvalue weighted by molar-refractivity contribution is 0.469. The topological polar surface area (TPSA) is 32.3 Å². The number of nitrogens with one attached hydrogen (secondary N) is 1. The summed E-state index contributed by atoms with van der Waals surface area (Å²) >= 11 is 18.7. The van der Waals surface area contributed by atoms with Gasteiger partial charge in [-0.25, -0.2) is 0 Å². The van der Waals surface area contributed by atoms with Crippen LogP contribution in [-0.4, -0.2) is 5.11 Å². The molecule has 2 N–H and O–H groups in total. The number of benzene rings is 2. The monoisotopic (exact) mass is 423 g/mol. The summed E-state index contributed by atoms with van der Waals surface area (Å²) in [5.41, 5.74) is 1.54. The van der Waals surface area contributed by atoms with Crippen molar-refractivity contribution < 1.29 is 5.11 Å². The van der Waals surface area contributed by atoms with Gasteiger partial charge in [0, 0.05) is 26.1 Å². The maximum Gasteiger partial charge on any atom is 0.139 e. The molecule has 0 fully saturated rings. The fourth-order valence-electron chi connectivity index (χ4n) is 1.60. The smallest absolute Gasteiger partial charge is 0.139 e. The van der Waals surface area contributed by atoms with E-state index >= 15 is 0 Å². The molecule has 0 bridgehead atoms. The Labute approximate surface area is 138 Å². The number of hydrogen-bond acceptors (Lipinski definition) is 2. The molecule has 19 heavy (non-hydrogen) atoms. The number of rotatable bonds is 3. The SMILES string of the molecule is Oc1c(Cl)cc(Cl)cc1CNc1c(Br)cccc1Br. The zero-order valence-electron chi connectivity index (χ0n) is 9.55. The molecule has 0 aliphatic heterocycles. The molecule has 0 unspecified atom stereocenters. The minimum Gasteiger partial charge on any atom is -0.506 e. The van der Waals surface area contributed by atoms with Crippen molar-refractivity contribution in [1.29, 1.82) is 0 Å². The number of aromatic hydroxyl groups is 1. The normalized spacial score (nSPS) is 10.5. The van der Waals surface area contributed by atoms with Gasteiger partial charge >= 0.3 is 0 Å². The highest BCUT2D eigenvalue weighted by Crippen LogP contribution is 2.34. The van der Waals surface area contributed by atoms with E-state index in [0.717, 1.165) is 14.6 Å². The molecule has 2 aromatic rings. The number of phenolic OH excluding ortho intramolecular Hbond substituents is 1. The van der Waals surface area contributed by atoms with Crippen LogP contribution in [0.2, 0.25) is 10.0 Å². The molecule has 0 saturated carbocycles. The van der Waals surface area contributed by atoms with Crippen LogP contribution in [0.15, 0.2) is 39.3 Å². The first-order valence-electron chi connectivity index (χ1n) is 5.34. The van der Waals surface area contributed by atoms with Gasteiger partial charge in [0.05, 0.1) is 10.7 Å². The van der Waals surface area contributed by atoms with Gasteiger partial charge in [-0.1, -0.05) is 29.3 Å². The molecule has 0 aliphatic carbocycles. The summed E-state index contributed by atoms with van der Waals surface area (Å²) in [6.45, 7) is 0.410. The molecular weight excluding hydrogens is 417 g/mol. The van der Waals surface area contributed by atoms with Crippen molar-refractivity contribution in [2.75, 3.05) is 5.32 Å². The Morgan fingerprint density at radius 2 is 1.74 bits per heavy atom. The van der Waals surface area contributed by atoms with Crippen molar-refractivity contribution in [2.45, 2.75) is 6.54 Å². The third-order valence-electron chi connectivity index (χ3n) is 2.53. The molecule has 2 rings (SSSR count). The summed E-state index contributed by atoms with van der Waals surface area (Å²) in [5.74, 6) is 0.0433. The molecule has 0 aromatic heterocycles. The van der Waals surface area contributed by atoms with Gasteiger partial charge in [-0.05, 0) is 56.1 Å². The van der Waals surface area contributed by atoms with Crippen LogP contribution in [0.5, 0.6) is 5.75 Å². The molecule has 0 spiro atoms. The third kappa shape index (κ3) is 3.57. The average molecular weight is 426 g/mol. The van der Waals surface area contributed by atoms with E-state index in [1.54, 1.807) is 6.07 Å². The number of halogens is 4. The maximum absolute atomic E-state index is 9.88. The van der Waals surface area contributed by atoms with Gasteiger partial charge in [-0.2, -0.15) is 0 Å². The van der Waals surface area contributed by atoms with Crippen LogP contribution in [0.1, 0.15) is 5.56 Å². The predicted molar refractivity (Wildman–Crippen MR) is 87.3 cm³/mol. The zero-order chi connectivity index (χ0) is 14.0. The Morgan fingerprint density at radius 1 is 1.11 bits per heavy atom. The second-order valence-electron chi connectivity index (χ2n) is 3.85. The van der Waals surface area contributed by atoms with Crippen molar-refractivity contribution in [3.05, 3.63) is 54.9 Å². The lowest BCUT2D eigenvalue weighted by atomic mass is 10.2. The van der Waals surface area contributed by atoms with E-state index in [9.17, 15) is 5.11 Å². The molecule has 0 aliphatic rings. The van der Waals surface area contributed by atoms with Crippen molar-refractivity contribution >= 4 is 60.7 Å². The largest absolute Gasteiger partial charge is 0.506 e. The number of phenols is 1. The van der Waals surface area contributed by atoms with Crippen LogP contribution in [0.3, 0.4) is 0 Å². The van der Waals surface area contributed by atoms with E-state index in [1.165, 1.54) is 6.07 Å². The first kappa shape index (κ1) is 15.0. The van der Waals surface area contributed by atoms with E-state index in [0.29, 0.717) is 17.1 Å². The number of para-hydroxylation sites is 1. The Kier molecular flexibility index (Phi) is 5.01. The average Bonchev–Trinajstić information content (AvgIpc) is 2.34. The van der Waals surface area contributed by atoms with Gasteiger partial charge in [-0.3, -0.25) is 0 Å². The molecule has 0 heterocycles. The molecular formula is C13H9Br2Cl2NO. The Balaban J connectivity index is 2.24. The highest BCUT2D eigenvalue weighted by Gasteiger charge is 2.09. The molecule has 0 amide bonds. The van der Waals surface area contributed by atoms with Gasteiger partial charge in [0.2, 0.25) is 0 Å². The van der Waals surface area contributed by atoms with E-state index in [2.05, 4.69) is 37.2 Å². The summed E-state index contributed by atoms with van der Waals surface area (Å²) in [4.78, 5) is 0. The van der Waals surface area contributed by atoms with Crippen LogP contribution < -0.4 is 5.32 Å². The molecule has 2 nitrogen and oxygen atoms in total. The summed E-state index contributed by atoms with van der Waals surface area (Å²) in [6.07, 6.45) is 0. The molecule has 100 valence electrons. The first-order valence-corrected chi connectivity index (χ1v) is 7.68. The minimum absolute atomic E-state index is 0.0433. The van der Waals surface area contributed by atoms with Crippen LogP contribution in [0.4, 0.5) is 5.69 Å². The lowest BCUT2D eigenvalue weighted by Crippen LogP contribution is -2.01. The molecule has 2 aromatic carbocycles. The van der Waals surface area contributed by atoms with Crippen LogP contribution in [0, 0.1) is 0 Å². The third-order valence-corrected chi connectivity index (χ3v) is 4.35. The summed E-state index contributed by atoms with van der Waals surface area (Å²) in [6, 6.07) is 8.97. The molecule has 0 radical (unpaired) electrons. The van der Waals surface area contributed by atoms with E-state index in [4.69, 9.17) is 23.2 Å². The quantitative estimate of drug-likeness (QED) is 0.647. The Hall–Kier alpha value is -0.420. The highest BCUT2D eigenvalue weighted by molar-refractivity contribution is 9.11. The molecule has 6 heteroatoms. The van der Waals surface area contributed by atoms with E-state index in [-0.39, 0.29) is 10.8 Å². The summed E-state index contributed by atoms with van der Waals surface area (Å²) in [7, 11) is 0. The van der Waals surface area contributed by atoms with Gasteiger partial charge in [0.25, 0.3) is 0 Å². The van der Waals surface area contributed by atoms with Gasteiger partial charge < -0.3 is 10.4 Å². The predicted octanol–water partition coefficient (Wildman–Crippen LogP) is 5.84. The van der Waals surface area contributed by atoms with Crippen molar-refractivity contribution in [3.8, 4) is 5.75 Å².